The highest BCUT2D eigenvalue weighted by Crippen LogP contribution is 2.13. The molecule has 9 heteroatoms. The van der Waals surface area contributed by atoms with Crippen LogP contribution in [0.5, 0.6) is 0 Å². The van der Waals surface area contributed by atoms with Gasteiger partial charge >= 0.3 is 5.97 Å². The molecule has 7 nitrogen and oxygen atoms in total. The largest absolute Gasteiger partial charge is 0.480 e. The van der Waals surface area contributed by atoms with Gasteiger partial charge in [-0.25, -0.2) is 18.3 Å². The number of carbonyl (C=O) groups is 2. The number of halogens is 2. The summed E-state index contributed by atoms with van der Waals surface area (Å²) in [4.78, 5) is 23.4. The first kappa shape index (κ1) is 18.5. The molecule has 1 aromatic heterocycles. The molecule has 0 aliphatic heterocycles. The Bertz CT molecular complexity index is 805. The summed E-state index contributed by atoms with van der Waals surface area (Å²) in [6.07, 6.45) is 0. The Kier molecular flexibility index (Phi) is 5.45. The number of carbonyl (C=O) groups excluding carboxylic acids is 1. The fourth-order valence-corrected chi connectivity index (χ4v) is 2.25. The Morgan fingerprint density at radius 1 is 1.32 bits per heavy atom. The van der Waals surface area contributed by atoms with Crippen LogP contribution in [0.15, 0.2) is 18.2 Å². The molecule has 25 heavy (non-hydrogen) atoms. The number of hydrogen-bond acceptors (Lipinski definition) is 4. The summed E-state index contributed by atoms with van der Waals surface area (Å²) >= 11 is 0. The van der Waals surface area contributed by atoms with Crippen molar-refractivity contribution in [2.24, 2.45) is 5.92 Å². The van der Waals surface area contributed by atoms with Crippen molar-refractivity contribution in [3.63, 3.8) is 0 Å². The van der Waals surface area contributed by atoms with Crippen LogP contribution >= 0.6 is 0 Å². The number of nitrogens with one attached hydrogen (secondary N) is 1. The van der Waals surface area contributed by atoms with Crippen LogP contribution in [0.2, 0.25) is 0 Å². The van der Waals surface area contributed by atoms with E-state index in [9.17, 15) is 18.4 Å². The number of carboxylic acids is 1. The summed E-state index contributed by atoms with van der Waals surface area (Å²) in [5.41, 5.74) is 0.482. The summed E-state index contributed by atoms with van der Waals surface area (Å²) < 4.78 is 28.0. The van der Waals surface area contributed by atoms with Crippen molar-refractivity contribution in [3.05, 3.63) is 46.8 Å². The van der Waals surface area contributed by atoms with Gasteiger partial charge < -0.3 is 10.4 Å². The first-order valence-electron chi connectivity index (χ1n) is 7.58. The van der Waals surface area contributed by atoms with Crippen LogP contribution in [0, 0.1) is 24.5 Å². The lowest BCUT2D eigenvalue weighted by Crippen LogP contribution is -2.44. The van der Waals surface area contributed by atoms with E-state index < -0.39 is 29.6 Å². The molecule has 134 valence electrons. The topological polar surface area (TPSA) is 97.1 Å². The van der Waals surface area contributed by atoms with Crippen molar-refractivity contribution in [2.45, 2.75) is 33.4 Å². The number of rotatable bonds is 6. The van der Waals surface area contributed by atoms with Crippen LogP contribution in [-0.2, 0) is 11.3 Å². The highest BCUT2D eigenvalue weighted by atomic mass is 19.1. The van der Waals surface area contributed by atoms with Gasteiger partial charge in [-0.15, -0.1) is 5.10 Å². The smallest absolute Gasteiger partial charge is 0.326 e. The quantitative estimate of drug-likeness (QED) is 0.826. The number of aromatic nitrogens is 3. The fraction of sp³-hybridized carbons (Fsp3) is 0.375. The van der Waals surface area contributed by atoms with Crippen molar-refractivity contribution in [1.29, 1.82) is 0 Å². The summed E-state index contributed by atoms with van der Waals surface area (Å²) in [5, 5.41) is 19.1. The lowest BCUT2D eigenvalue weighted by atomic mass is 10.0. The first-order valence-corrected chi connectivity index (χ1v) is 7.58. The van der Waals surface area contributed by atoms with Crippen molar-refractivity contribution < 1.29 is 23.5 Å². The maximum Gasteiger partial charge on any atom is 0.326 e. The molecule has 0 unspecified atom stereocenters. The van der Waals surface area contributed by atoms with E-state index in [1.165, 1.54) is 10.7 Å². The highest BCUT2D eigenvalue weighted by molar-refractivity contribution is 5.95. The zero-order valence-electron chi connectivity index (χ0n) is 14.0. The molecule has 0 aliphatic carbocycles. The van der Waals surface area contributed by atoms with Crippen molar-refractivity contribution in [3.8, 4) is 0 Å². The van der Waals surface area contributed by atoms with E-state index >= 15 is 0 Å². The third-order valence-corrected chi connectivity index (χ3v) is 3.75. The van der Waals surface area contributed by atoms with Crippen LogP contribution in [0.3, 0.4) is 0 Å². The summed E-state index contributed by atoms with van der Waals surface area (Å²) in [7, 11) is 0. The second kappa shape index (κ2) is 7.37. The Morgan fingerprint density at radius 2 is 2.00 bits per heavy atom. The van der Waals surface area contributed by atoms with Crippen LogP contribution in [-0.4, -0.2) is 38.0 Å². The van der Waals surface area contributed by atoms with E-state index in [0.29, 0.717) is 5.69 Å². The Morgan fingerprint density at radius 3 is 2.56 bits per heavy atom. The van der Waals surface area contributed by atoms with Crippen molar-refractivity contribution >= 4 is 11.9 Å². The molecular formula is C16H18F2N4O3. The van der Waals surface area contributed by atoms with Gasteiger partial charge in [-0.2, -0.15) is 0 Å². The van der Waals surface area contributed by atoms with Gasteiger partial charge in [0.1, 0.15) is 17.7 Å². The van der Waals surface area contributed by atoms with Gasteiger partial charge in [0.05, 0.1) is 12.2 Å². The number of aliphatic carboxylic acids is 1. The molecule has 1 amide bonds. The molecule has 0 spiro atoms. The van der Waals surface area contributed by atoms with Gasteiger partial charge in [-0.3, -0.25) is 4.79 Å². The summed E-state index contributed by atoms with van der Waals surface area (Å²) in [6, 6.07) is 2.10. The zero-order valence-corrected chi connectivity index (χ0v) is 14.0. The molecule has 0 bridgehead atoms. The standard InChI is InChI=1S/C16H18F2N4O3/c1-8(2)13(16(24)25)19-15(23)14-9(3)22(21-20-14)7-10-4-5-11(17)6-12(10)18/h4-6,8,13H,7H2,1-3H3,(H,19,23)(H,24,25)/t13-/m0/s1. The third-order valence-electron chi connectivity index (χ3n) is 3.75. The molecule has 0 radical (unpaired) electrons. The maximum atomic E-state index is 13.7. The second-order valence-corrected chi connectivity index (χ2v) is 5.95. The van der Waals surface area contributed by atoms with Gasteiger partial charge in [-0.05, 0) is 18.9 Å². The van der Waals surface area contributed by atoms with Crippen molar-refractivity contribution in [1.82, 2.24) is 20.3 Å². The van der Waals surface area contributed by atoms with Crippen LogP contribution < -0.4 is 5.32 Å². The minimum atomic E-state index is -1.15. The van der Waals surface area contributed by atoms with Crippen LogP contribution in [0.1, 0.15) is 35.6 Å². The van der Waals surface area contributed by atoms with E-state index in [-0.39, 0.29) is 23.7 Å². The summed E-state index contributed by atoms with van der Waals surface area (Å²) in [5.74, 6) is -3.56. The molecule has 0 saturated heterocycles. The Hall–Kier alpha value is -2.84. The fourth-order valence-electron chi connectivity index (χ4n) is 2.25. The minimum Gasteiger partial charge on any atom is -0.480 e. The van der Waals surface area contributed by atoms with Gasteiger partial charge in [0, 0.05) is 11.6 Å². The Balaban J connectivity index is 2.20. The molecule has 2 aromatic rings. The lowest BCUT2D eigenvalue weighted by molar-refractivity contribution is -0.140. The van der Waals surface area contributed by atoms with Crippen molar-refractivity contribution in [2.75, 3.05) is 0 Å². The van der Waals surface area contributed by atoms with Gasteiger partial charge in [-0.1, -0.05) is 25.1 Å². The normalized spacial score (nSPS) is 12.2. The average Bonchev–Trinajstić information content (AvgIpc) is 2.88. The van der Waals surface area contributed by atoms with Gasteiger partial charge in [0.25, 0.3) is 5.91 Å². The monoisotopic (exact) mass is 352 g/mol. The number of benzene rings is 1. The van der Waals surface area contributed by atoms with E-state index in [1.807, 2.05) is 0 Å². The van der Waals surface area contributed by atoms with Crippen LogP contribution in [0.25, 0.3) is 0 Å². The van der Waals surface area contributed by atoms with E-state index in [1.54, 1.807) is 20.8 Å². The van der Waals surface area contributed by atoms with E-state index in [4.69, 9.17) is 5.11 Å². The van der Waals surface area contributed by atoms with Gasteiger partial charge in [0.2, 0.25) is 0 Å². The van der Waals surface area contributed by atoms with Crippen LogP contribution in [0.4, 0.5) is 8.78 Å². The number of amides is 1. The average molecular weight is 352 g/mol. The predicted molar refractivity (Wildman–Crippen MR) is 83.9 cm³/mol. The summed E-state index contributed by atoms with van der Waals surface area (Å²) in [6.45, 7) is 4.85. The number of carboxylic acid groups (broad SMARTS) is 1. The molecule has 1 aromatic carbocycles. The molecule has 1 atom stereocenters. The molecule has 1 heterocycles. The number of hydrogen-bond donors (Lipinski definition) is 2. The predicted octanol–water partition coefficient (Wildman–Crippen LogP) is 1.75. The third kappa shape index (κ3) is 4.17. The maximum absolute atomic E-state index is 13.7. The molecule has 0 aliphatic rings. The Labute approximate surface area is 142 Å². The van der Waals surface area contributed by atoms with E-state index in [0.717, 1.165) is 12.1 Å². The molecule has 2 rings (SSSR count). The number of nitrogens with zero attached hydrogens (tertiary/aromatic N) is 3. The lowest BCUT2D eigenvalue weighted by Gasteiger charge is -2.17. The molecule has 0 saturated carbocycles. The SMILES string of the molecule is Cc1c(C(=O)N[C@H](C(=O)O)C(C)C)nnn1Cc1ccc(F)cc1F. The highest BCUT2D eigenvalue weighted by Gasteiger charge is 2.26. The second-order valence-electron chi connectivity index (χ2n) is 5.95. The zero-order chi connectivity index (χ0) is 18.7. The molecular weight excluding hydrogens is 334 g/mol. The first-order chi connectivity index (χ1) is 11.7. The van der Waals surface area contributed by atoms with Gasteiger partial charge in [0.15, 0.2) is 5.69 Å². The molecule has 2 N–H and O–H groups in total. The van der Waals surface area contributed by atoms with E-state index in [2.05, 4.69) is 15.6 Å². The molecule has 0 fully saturated rings. The minimum absolute atomic E-state index is 0.0369.